The van der Waals surface area contributed by atoms with Crippen molar-refractivity contribution in [1.82, 2.24) is 4.90 Å². The van der Waals surface area contributed by atoms with Crippen LogP contribution >= 0.6 is 0 Å². The summed E-state index contributed by atoms with van der Waals surface area (Å²) < 4.78 is 0. The van der Waals surface area contributed by atoms with Crippen LogP contribution in [0.5, 0.6) is 0 Å². The van der Waals surface area contributed by atoms with Gasteiger partial charge in [0.05, 0.1) is 5.56 Å². The van der Waals surface area contributed by atoms with Gasteiger partial charge in [0.25, 0.3) is 5.91 Å². The Bertz CT molecular complexity index is 462. The normalized spacial score (nSPS) is 23.1. The molecule has 3 heteroatoms. The molecule has 2 N–H and O–H groups in total. The quantitative estimate of drug-likeness (QED) is 0.830. The van der Waals surface area contributed by atoms with E-state index in [1.807, 2.05) is 37.1 Å². The van der Waals surface area contributed by atoms with E-state index >= 15 is 0 Å². The molecule has 0 aromatic heterocycles. The number of carbonyl (C=O) groups excluding carboxylic acids is 1. The smallest absolute Gasteiger partial charge is 0.255 e. The predicted octanol–water partition coefficient (Wildman–Crippen LogP) is 3.23. The monoisotopic (exact) mass is 260 g/mol. The Morgan fingerprint density at radius 1 is 1.26 bits per heavy atom. The van der Waals surface area contributed by atoms with E-state index in [0.29, 0.717) is 17.3 Å². The molecule has 0 radical (unpaired) electrons. The first-order chi connectivity index (χ1) is 8.99. The van der Waals surface area contributed by atoms with Gasteiger partial charge >= 0.3 is 0 Å². The fourth-order valence-corrected chi connectivity index (χ4v) is 2.84. The van der Waals surface area contributed by atoms with Gasteiger partial charge < -0.3 is 10.6 Å². The summed E-state index contributed by atoms with van der Waals surface area (Å²) in [6, 6.07) is 6.01. The van der Waals surface area contributed by atoms with E-state index in [4.69, 9.17) is 5.73 Å². The molecule has 0 bridgehead atoms. The van der Waals surface area contributed by atoms with E-state index in [-0.39, 0.29) is 5.91 Å². The minimum atomic E-state index is 0.0563. The van der Waals surface area contributed by atoms with Crippen molar-refractivity contribution in [3.05, 3.63) is 29.3 Å². The fourth-order valence-electron chi connectivity index (χ4n) is 2.84. The van der Waals surface area contributed by atoms with Gasteiger partial charge in [-0.1, -0.05) is 18.6 Å². The zero-order valence-corrected chi connectivity index (χ0v) is 12.1. The molecule has 1 aromatic carbocycles. The number of amides is 1. The third kappa shape index (κ3) is 3.09. The van der Waals surface area contributed by atoms with Crippen molar-refractivity contribution >= 4 is 11.6 Å². The first kappa shape index (κ1) is 13.9. The SMILES string of the molecule is Cc1ccc(N)c(C(=O)N(C)C2CCC(C)CC2)c1. The Balaban J connectivity index is 2.12. The lowest BCUT2D eigenvalue weighted by molar-refractivity contribution is 0.0680. The van der Waals surface area contributed by atoms with Crippen LogP contribution in [0.3, 0.4) is 0 Å². The Kier molecular flexibility index (Phi) is 4.13. The van der Waals surface area contributed by atoms with E-state index in [0.717, 1.165) is 24.3 Å². The number of hydrogen-bond donors (Lipinski definition) is 1. The molecule has 104 valence electrons. The molecule has 19 heavy (non-hydrogen) atoms. The number of hydrogen-bond acceptors (Lipinski definition) is 2. The van der Waals surface area contributed by atoms with Crippen LogP contribution in [0.15, 0.2) is 18.2 Å². The number of anilines is 1. The number of benzene rings is 1. The lowest BCUT2D eigenvalue weighted by Gasteiger charge is -2.33. The molecule has 0 spiro atoms. The highest BCUT2D eigenvalue weighted by Gasteiger charge is 2.26. The van der Waals surface area contributed by atoms with Gasteiger partial charge in [-0.3, -0.25) is 4.79 Å². The summed E-state index contributed by atoms with van der Waals surface area (Å²) in [7, 11) is 1.91. The summed E-state index contributed by atoms with van der Waals surface area (Å²) in [5, 5.41) is 0. The number of carbonyl (C=O) groups is 1. The standard InChI is InChI=1S/C16H24N2O/c1-11-4-7-13(8-5-11)18(3)16(19)14-10-12(2)6-9-15(14)17/h6,9-11,13H,4-5,7-8,17H2,1-3H3. The Morgan fingerprint density at radius 2 is 1.89 bits per heavy atom. The maximum absolute atomic E-state index is 12.5. The predicted molar refractivity (Wildman–Crippen MR) is 79.1 cm³/mol. The second-order valence-electron chi connectivity index (χ2n) is 5.92. The molecule has 0 aliphatic heterocycles. The van der Waals surface area contributed by atoms with Gasteiger partial charge in [-0.2, -0.15) is 0 Å². The van der Waals surface area contributed by atoms with Crippen molar-refractivity contribution in [2.24, 2.45) is 5.92 Å². The van der Waals surface area contributed by atoms with Crippen molar-refractivity contribution < 1.29 is 4.79 Å². The molecule has 1 aliphatic carbocycles. The minimum Gasteiger partial charge on any atom is -0.398 e. The van der Waals surface area contributed by atoms with Gasteiger partial charge in [-0.05, 0) is 50.7 Å². The molecule has 1 saturated carbocycles. The number of nitrogens with two attached hydrogens (primary N) is 1. The maximum Gasteiger partial charge on any atom is 0.255 e. The van der Waals surface area contributed by atoms with Gasteiger partial charge in [0, 0.05) is 18.8 Å². The van der Waals surface area contributed by atoms with E-state index in [9.17, 15) is 4.79 Å². The zero-order chi connectivity index (χ0) is 14.0. The molecule has 1 aliphatic rings. The van der Waals surface area contributed by atoms with Crippen LogP contribution in [0.4, 0.5) is 5.69 Å². The first-order valence-electron chi connectivity index (χ1n) is 7.12. The Morgan fingerprint density at radius 3 is 2.53 bits per heavy atom. The molecule has 3 nitrogen and oxygen atoms in total. The van der Waals surface area contributed by atoms with Crippen molar-refractivity contribution in [2.75, 3.05) is 12.8 Å². The topological polar surface area (TPSA) is 46.3 Å². The largest absolute Gasteiger partial charge is 0.398 e. The third-order valence-corrected chi connectivity index (χ3v) is 4.29. The third-order valence-electron chi connectivity index (χ3n) is 4.29. The highest BCUT2D eigenvalue weighted by Crippen LogP contribution is 2.28. The average molecular weight is 260 g/mol. The van der Waals surface area contributed by atoms with E-state index in [2.05, 4.69) is 6.92 Å². The van der Waals surface area contributed by atoms with Crippen molar-refractivity contribution in [3.8, 4) is 0 Å². The van der Waals surface area contributed by atoms with Crippen molar-refractivity contribution in [3.63, 3.8) is 0 Å². The molecular formula is C16H24N2O. The summed E-state index contributed by atoms with van der Waals surface area (Å²) in [5.41, 5.74) is 8.22. The van der Waals surface area contributed by atoms with Gasteiger partial charge in [0.1, 0.15) is 0 Å². The Hall–Kier alpha value is -1.51. The first-order valence-corrected chi connectivity index (χ1v) is 7.12. The lowest BCUT2D eigenvalue weighted by atomic mass is 9.86. The highest BCUT2D eigenvalue weighted by atomic mass is 16.2. The maximum atomic E-state index is 12.5. The molecule has 2 rings (SSSR count). The van der Waals surface area contributed by atoms with Crippen LogP contribution in [0, 0.1) is 12.8 Å². The van der Waals surface area contributed by atoms with Gasteiger partial charge in [-0.25, -0.2) is 0 Å². The second kappa shape index (κ2) is 5.64. The van der Waals surface area contributed by atoms with Crippen molar-refractivity contribution in [1.29, 1.82) is 0 Å². The number of nitrogen functional groups attached to an aromatic ring is 1. The molecule has 0 saturated heterocycles. The highest BCUT2D eigenvalue weighted by molar-refractivity contribution is 5.99. The molecule has 0 heterocycles. The molecule has 1 aromatic rings. The molecule has 1 fully saturated rings. The zero-order valence-electron chi connectivity index (χ0n) is 12.1. The van der Waals surface area contributed by atoms with Gasteiger partial charge in [0.2, 0.25) is 0 Å². The summed E-state index contributed by atoms with van der Waals surface area (Å²) in [6.45, 7) is 4.27. The second-order valence-corrected chi connectivity index (χ2v) is 5.92. The van der Waals surface area contributed by atoms with Crippen LogP contribution in [0.25, 0.3) is 0 Å². The number of nitrogens with zero attached hydrogens (tertiary/aromatic N) is 1. The Labute approximate surface area is 115 Å². The minimum absolute atomic E-state index is 0.0563. The summed E-state index contributed by atoms with van der Waals surface area (Å²) in [5.74, 6) is 0.851. The van der Waals surface area contributed by atoms with Crippen LogP contribution in [-0.2, 0) is 0 Å². The summed E-state index contributed by atoms with van der Waals surface area (Å²) in [4.78, 5) is 14.4. The van der Waals surface area contributed by atoms with Gasteiger partial charge in [-0.15, -0.1) is 0 Å². The summed E-state index contributed by atoms with van der Waals surface area (Å²) >= 11 is 0. The van der Waals surface area contributed by atoms with E-state index in [1.165, 1.54) is 12.8 Å². The molecular weight excluding hydrogens is 236 g/mol. The number of aryl methyl sites for hydroxylation is 1. The molecule has 1 amide bonds. The fraction of sp³-hybridized carbons (Fsp3) is 0.562. The van der Waals surface area contributed by atoms with Crippen LogP contribution in [0.2, 0.25) is 0 Å². The van der Waals surface area contributed by atoms with Gasteiger partial charge in [0.15, 0.2) is 0 Å². The lowest BCUT2D eigenvalue weighted by Crippen LogP contribution is -2.39. The molecule has 0 unspecified atom stereocenters. The van der Waals surface area contributed by atoms with Crippen LogP contribution in [0.1, 0.15) is 48.5 Å². The van der Waals surface area contributed by atoms with Crippen molar-refractivity contribution in [2.45, 2.75) is 45.6 Å². The molecule has 0 atom stereocenters. The van der Waals surface area contributed by atoms with E-state index in [1.54, 1.807) is 0 Å². The van der Waals surface area contributed by atoms with Crippen LogP contribution in [-0.4, -0.2) is 23.9 Å². The van der Waals surface area contributed by atoms with E-state index < -0.39 is 0 Å². The van der Waals surface area contributed by atoms with Crippen LogP contribution < -0.4 is 5.73 Å². The summed E-state index contributed by atoms with van der Waals surface area (Å²) in [6.07, 6.45) is 4.64. The average Bonchev–Trinajstić information content (AvgIpc) is 2.41. The number of rotatable bonds is 2.